The first-order valence-electron chi connectivity index (χ1n) is 23.8. The number of ether oxygens (including phenoxy) is 2. The van der Waals surface area contributed by atoms with Crippen LogP contribution < -0.4 is 29.9 Å². The number of hydrogen-bond acceptors (Lipinski definition) is 10. The van der Waals surface area contributed by atoms with Gasteiger partial charge in [0.15, 0.2) is 46.2 Å². The Balaban J connectivity index is 0.670. The van der Waals surface area contributed by atoms with Crippen LogP contribution in [0.3, 0.4) is 0 Å². The van der Waals surface area contributed by atoms with Gasteiger partial charge in [0.2, 0.25) is 0 Å². The number of nitrogens with zero attached hydrogens (tertiary/aromatic N) is 4. The number of oxazole rings is 2. The topological polar surface area (TPSA) is 135 Å². The maximum atomic E-state index is 15.6. The summed E-state index contributed by atoms with van der Waals surface area (Å²) in [7, 11) is 0. The number of fused-ring (bicyclic) bond motifs is 2. The number of amides is 2. The van der Waals surface area contributed by atoms with Crippen LogP contribution >= 0.6 is 0 Å². The van der Waals surface area contributed by atoms with Gasteiger partial charge >= 0.3 is 0 Å². The molecule has 7 aliphatic carbocycles. The van der Waals surface area contributed by atoms with E-state index in [2.05, 4.69) is 34.4 Å². The lowest BCUT2D eigenvalue weighted by atomic mass is 9.75. The molecule has 7 atom stereocenters. The molecule has 2 saturated heterocycles. The van der Waals surface area contributed by atoms with Crippen molar-refractivity contribution in [1.29, 1.82) is 0 Å². The van der Waals surface area contributed by atoms with Crippen molar-refractivity contribution in [3.05, 3.63) is 70.4 Å². The minimum Gasteiger partial charge on any atom is -0.484 e. The zero-order valence-corrected chi connectivity index (χ0v) is 37.2. The standard InChI is InChI=1S/C49H52F6N6O6/c1-3-47(4-2)20-61(21-47)46-59-40(33(67-46)6-9-51)44(63)57-26-16-30(54)42(31(55)17-26)65-34-18-49(37-36(34)38(37)49)35-19-48(35)7-10-60(22-48)45-58-39(32(66-45)5-8-50)43(62)56-25-14-28(52)41(29(53)15-25)64-27-12-23-11-24(23)13-27/h14-17,23-24,27,34-38H,3-13,18-22H2,1-2H3,(H,56,62)(H,57,63). The number of aromatic nitrogens is 2. The van der Waals surface area contributed by atoms with Crippen molar-refractivity contribution >= 4 is 35.2 Å². The highest BCUT2D eigenvalue weighted by Crippen LogP contribution is 2.96. The van der Waals surface area contributed by atoms with E-state index in [1.54, 1.807) is 0 Å². The van der Waals surface area contributed by atoms with Crippen molar-refractivity contribution in [2.45, 2.75) is 90.3 Å². The van der Waals surface area contributed by atoms with Crippen LogP contribution in [0, 0.1) is 75.0 Å². The number of nitrogens with one attached hydrogen (secondary N) is 2. The first-order chi connectivity index (χ1) is 32.3. The lowest BCUT2D eigenvalue weighted by Crippen LogP contribution is -2.56. The molecule has 4 heterocycles. The third kappa shape index (κ3) is 6.90. The molecule has 2 amide bonds. The highest BCUT2D eigenvalue weighted by Gasteiger charge is 2.95. The monoisotopic (exact) mass is 934 g/mol. The molecule has 2 bridgehead atoms. The highest BCUT2D eigenvalue weighted by molar-refractivity contribution is 6.04. The van der Waals surface area contributed by atoms with E-state index in [-0.39, 0.29) is 93.5 Å². The Labute approximate surface area is 382 Å². The second-order valence-corrected chi connectivity index (χ2v) is 20.8. The molecule has 67 heavy (non-hydrogen) atoms. The molecular weight excluding hydrogens is 883 g/mol. The number of anilines is 4. The van der Waals surface area contributed by atoms with Crippen LogP contribution in [-0.2, 0) is 12.8 Å². The Morgan fingerprint density at radius 3 is 1.78 bits per heavy atom. The number of hydrogen-bond donors (Lipinski definition) is 2. The summed E-state index contributed by atoms with van der Waals surface area (Å²) in [6, 6.07) is 4.40. The van der Waals surface area contributed by atoms with Crippen molar-refractivity contribution in [3.8, 4) is 11.5 Å². The normalized spacial score (nSPS) is 31.9. The molecule has 9 aliphatic rings. The largest absolute Gasteiger partial charge is 0.484 e. The lowest BCUT2D eigenvalue weighted by Gasteiger charge is -2.48. The van der Waals surface area contributed by atoms with E-state index in [1.165, 1.54) is 0 Å². The molecular formula is C49H52F6N6O6. The highest BCUT2D eigenvalue weighted by atomic mass is 19.2. The van der Waals surface area contributed by atoms with Crippen LogP contribution in [0.4, 0.5) is 49.7 Å². The van der Waals surface area contributed by atoms with E-state index < -0.39 is 59.9 Å². The molecule has 7 unspecified atom stereocenters. The molecule has 0 radical (unpaired) electrons. The molecule has 2 aromatic heterocycles. The minimum absolute atomic E-state index is 0.0220. The van der Waals surface area contributed by atoms with Crippen molar-refractivity contribution in [2.75, 3.05) is 60.0 Å². The van der Waals surface area contributed by atoms with E-state index in [9.17, 15) is 18.4 Å². The van der Waals surface area contributed by atoms with Crippen molar-refractivity contribution < 1.29 is 54.2 Å². The number of benzene rings is 2. The number of carbonyl (C=O) groups is 2. The Hall–Kier alpha value is -5.42. The van der Waals surface area contributed by atoms with Crippen LogP contribution in [0.15, 0.2) is 33.1 Å². The summed E-state index contributed by atoms with van der Waals surface area (Å²) in [6.45, 7) is 5.24. The minimum atomic E-state index is -0.956. The molecule has 2 aromatic carbocycles. The number of halogens is 6. The van der Waals surface area contributed by atoms with Crippen LogP contribution in [0.25, 0.3) is 0 Å². The average Bonchev–Trinajstić information content (AvgIpc) is 4.19. The van der Waals surface area contributed by atoms with E-state index in [0.29, 0.717) is 62.2 Å². The summed E-state index contributed by atoms with van der Waals surface area (Å²) in [5.41, 5.74) is -0.461. The molecule has 1 spiro atoms. The zero-order chi connectivity index (χ0) is 46.3. The number of rotatable bonds is 17. The number of carbonyl (C=O) groups excluding carboxylic acids is 2. The second kappa shape index (κ2) is 15.3. The van der Waals surface area contributed by atoms with Crippen molar-refractivity contribution in [2.24, 2.45) is 51.8 Å². The molecule has 7 saturated carbocycles. The van der Waals surface area contributed by atoms with Gasteiger partial charge in [-0.2, -0.15) is 9.97 Å². The van der Waals surface area contributed by atoms with Gasteiger partial charge in [-0.15, -0.1) is 0 Å². The zero-order valence-electron chi connectivity index (χ0n) is 37.2. The third-order valence-corrected chi connectivity index (χ3v) is 17.2. The van der Waals surface area contributed by atoms with Crippen LogP contribution in [0.2, 0.25) is 0 Å². The SMILES string of the molecule is CCC1(CC)CN(c2nc(C(=O)Nc3cc(F)c(OC4CC5(C6CC67CCN(c6nc(C(=O)Nc8cc(F)c(OC9CC%10CC%10C9)c(F)c8)c(CCF)o6)C7)C6C4C65)c(F)c3)c(CCF)o2)C1. The maximum absolute atomic E-state index is 15.6. The summed E-state index contributed by atoms with van der Waals surface area (Å²) >= 11 is 0. The van der Waals surface area contributed by atoms with Gasteiger partial charge in [0.25, 0.3) is 23.8 Å². The van der Waals surface area contributed by atoms with Gasteiger partial charge in [-0.3, -0.25) is 18.4 Å². The molecule has 12 nitrogen and oxygen atoms in total. The van der Waals surface area contributed by atoms with Crippen LogP contribution in [0.5, 0.6) is 11.5 Å². The summed E-state index contributed by atoms with van der Waals surface area (Å²) in [5, 5.41) is 5.00. The van der Waals surface area contributed by atoms with E-state index in [4.69, 9.17) is 18.3 Å². The Morgan fingerprint density at radius 1 is 0.731 bits per heavy atom. The summed E-state index contributed by atoms with van der Waals surface area (Å²) < 4.78 is 112. The van der Waals surface area contributed by atoms with Gasteiger partial charge in [0.1, 0.15) is 17.6 Å². The van der Waals surface area contributed by atoms with Gasteiger partial charge in [0, 0.05) is 86.0 Å². The summed E-state index contributed by atoms with van der Waals surface area (Å²) in [5.74, 6) is -3.66. The molecule has 2 aliphatic heterocycles. The van der Waals surface area contributed by atoms with Gasteiger partial charge in [-0.05, 0) is 91.8 Å². The van der Waals surface area contributed by atoms with Crippen LogP contribution in [0.1, 0.15) is 97.7 Å². The second-order valence-electron chi connectivity index (χ2n) is 20.8. The Morgan fingerprint density at radius 2 is 1.25 bits per heavy atom. The van der Waals surface area contributed by atoms with E-state index in [1.807, 2.05) is 9.80 Å². The molecule has 2 N–H and O–H groups in total. The smallest absolute Gasteiger partial charge is 0.298 e. The van der Waals surface area contributed by atoms with Gasteiger partial charge in [-0.25, -0.2) is 17.6 Å². The Kier molecular flexibility index (Phi) is 9.79. The molecule has 9 fully saturated rings. The summed E-state index contributed by atoms with van der Waals surface area (Å²) in [6.07, 6.45) is 6.09. The summed E-state index contributed by atoms with van der Waals surface area (Å²) in [4.78, 5) is 39.5. The fourth-order valence-electron chi connectivity index (χ4n) is 13.4. The first-order valence-corrected chi connectivity index (χ1v) is 23.8. The number of aryl methyl sites for hydroxylation is 2. The average molecular weight is 935 g/mol. The van der Waals surface area contributed by atoms with Crippen molar-refractivity contribution in [1.82, 2.24) is 9.97 Å². The van der Waals surface area contributed by atoms with Crippen molar-refractivity contribution in [3.63, 3.8) is 0 Å². The number of alkyl halides is 2. The van der Waals surface area contributed by atoms with Gasteiger partial charge in [-0.1, -0.05) is 13.8 Å². The van der Waals surface area contributed by atoms with Crippen LogP contribution in [-0.4, -0.2) is 73.5 Å². The predicted molar refractivity (Wildman–Crippen MR) is 231 cm³/mol. The molecule has 356 valence electrons. The van der Waals surface area contributed by atoms with Gasteiger partial charge < -0.3 is 38.7 Å². The maximum Gasteiger partial charge on any atom is 0.298 e. The third-order valence-electron chi connectivity index (χ3n) is 17.2. The molecule has 13 rings (SSSR count). The van der Waals surface area contributed by atoms with E-state index in [0.717, 1.165) is 69.2 Å². The van der Waals surface area contributed by atoms with Gasteiger partial charge in [0.05, 0.1) is 19.5 Å². The predicted octanol–water partition coefficient (Wildman–Crippen LogP) is 9.48. The first kappa shape index (κ1) is 42.9. The quantitative estimate of drug-likeness (QED) is 0.0987. The fraction of sp³-hybridized carbons (Fsp3) is 0.592. The van der Waals surface area contributed by atoms with E-state index >= 15 is 17.6 Å². The molecule has 18 heteroatoms. The Bertz CT molecular complexity index is 2620. The molecule has 4 aromatic rings. The fourth-order valence-corrected chi connectivity index (χ4v) is 13.4. The lowest BCUT2D eigenvalue weighted by molar-refractivity contribution is 0.101.